The van der Waals surface area contributed by atoms with Crippen LogP contribution in [0.2, 0.25) is 5.02 Å². The van der Waals surface area contributed by atoms with Gasteiger partial charge in [-0.25, -0.2) is 4.79 Å². The van der Waals surface area contributed by atoms with Crippen LogP contribution < -0.4 is 4.74 Å². The minimum atomic E-state index is -0.353. The molecule has 0 saturated carbocycles. The lowest BCUT2D eigenvalue weighted by Crippen LogP contribution is -2.02. The van der Waals surface area contributed by atoms with Gasteiger partial charge in [0.1, 0.15) is 12.4 Å². The lowest BCUT2D eigenvalue weighted by atomic mass is 10.1. The molecule has 0 amide bonds. The fourth-order valence-corrected chi connectivity index (χ4v) is 2.91. The zero-order valence-electron chi connectivity index (χ0n) is 11.7. The van der Waals surface area contributed by atoms with E-state index in [1.807, 2.05) is 25.1 Å². The molecule has 110 valence electrons. The number of ether oxygens (including phenoxy) is 2. The van der Waals surface area contributed by atoms with Gasteiger partial charge in [0, 0.05) is 4.47 Å². The molecule has 2 rings (SSSR count). The first-order chi connectivity index (χ1) is 10.0. The Hall–Kier alpha value is -1.52. The molecule has 0 aliphatic rings. The third-order valence-corrected chi connectivity index (χ3v) is 3.69. The zero-order valence-corrected chi connectivity index (χ0v) is 14.0. The molecule has 0 N–H and O–H groups in total. The topological polar surface area (TPSA) is 35.5 Å². The van der Waals surface area contributed by atoms with Crippen molar-refractivity contribution in [3.05, 3.63) is 62.6 Å². The van der Waals surface area contributed by atoms with Gasteiger partial charge in [-0.15, -0.1) is 0 Å². The summed E-state index contributed by atoms with van der Waals surface area (Å²) in [7, 11) is 1.36. The van der Waals surface area contributed by atoms with Crippen molar-refractivity contribution in [1.29, 1.82) is 0 Å². The smallest absolute Gasteiger partial charge is 0.337 e. The number of carbonyl (C=O) groups is 1. The van der Waals surface area contributed by atoms with Gasteiger partial charge in [0.15, 0.2) is 0 Å². The molecule has 0 radical (unpaired) electrons. The number of benzene rings is 2. The number of carbonyl (C=O) groups excluding carboxylic acids is 1. The number of halogens is 2. The average Bonchev–Trinajstić information content (AvgIpc) is 2.46. The van der Waals surface area contributed by atoms with Crippen LogP contribution in [0.4, 0.5) is 0 Å². The van der Waals surface area contributed by atoms with Gasteiger partial charge in [0.2, 0.25) is 0 Å². The third-order valence-electron chi connectivity index (χ3n) is 2.95. The van der Waals surface area contributed by atoms with Crippen molar-refractivity contribution >= 4 is 33.5 Å². The second-order valence-electron chi connectivity index (χ2n) is 4.51. The highest BCUT2D eigenvalue weighted by Crippen LogP contribution is 2.32. The quantitative estimate of drug-likeness (QED) is 0.728. The fourth-order valence-electron chi connectivity index (χ4n) is 1.88. The van der Waals surface area contributed by atoms with Crippen LogP contribution in [-0.2, 0) is 11.3 Å². The van der Waals surface area contributed by atoms with E-state index in [9.17, 15) is 4.79 Å². The molecule has 0 saturated heterocycles. The predicted octanol–water partition coefficient (Wildman–Crippen LogP) is 4.78. The third kappa shape index (κ3) is 3.99. The van der Waals surface area contributed by atoms with Crippen molar-refractivity contribution in [2.75, 3.05) is 7.11 Å². The van der Waals surface area contributed by atoms with Crippen molar-refractivity contribution in [3.8, 4) is 5.75 Å². The lowest BCUT2D eigenvalue weighted by Gasteiger charge is -2.12. The molecule has 21 heavy (non-hydrogen) atoms. The van der Waals surface area contributed by atoms with Crippen LogP contribution in [-0.4, -0.2) is 13.1 Å². The van der Waals surface area contributed by atoms with Crippen molar-refractivity contribution in [1.82, 2.24) is 0 Å². The number of esters is 1. The van der Waals surface area contributed by atoms with E-state index < -0.39 is 0 Å². The molecule has 5 heteroatoms. The van der Waals surface area contributed by atoms with Crippen LogP contribution in [0, 0.1) is 6.92 Å². The van der Waals surface area contributed by atoms with E-state index in [1.165, 1.54) is 7.11 Å². The number of hydrogen-bond donors (Lipinski definition) is 0. The van der Waals surface area contributed by atoms with E-state index in [0.29, 0.717) is 22.9 Å². The van der Waals surface area contributed by atoms with Crippen LogP contribution in [0.5, 0.6) is 5.75 Å². The first-order valence-corrected chi connectivity index (χ1v) is 7.44. The van der Waals surface area contributed by atoms with E-state index in [2.05, 4.69) is 20.7 Å². The Labute approximate surface area is 137 Å². The molecule has 0 fully saturated rings. The highest BCUT2D eigenvalue weighted by molar-refractivity contribution is 9.10. The summed E-state index contributed by atoms with van der Waals surface area (Å²) < 4.78 is 11.3. The fraction of sp³-hybridized carbons (Fsp3) is 0.188. The Kier molecular flexibility index (Phi) is 5.26. The van der Waals surface area contributed by atoms with Crippen molar-refractivity contribution < 1.29 is 14.3 Å². The predicted molar refractivity (Wildman–Crippen MR) is 86.0 cm³/mol. The minimum absolute atomic E-state index is 0.353. The lowest BCUT2D eigenvalue weighted by molar-refractivity contribution is 0.0600. The maximum absolute atomic E-state index is 11.3. The SMILES string of the molecule is COC(=O)c1ccc(COc2c(C)cc(Br)cc2Cl)cc1. The van der Waals surface area contributed by atoms with Crippen molar-refractivity contribution in [2.45, 2.75) is 13.5 Å². The molecular formula is C16H14BrClO3. The summed E-state index contributed by atoms with van der Waals surface area (Å²) in [5.41, 5.74) is 2.42. The van der Waals surface area contributed by atoms with Crippen LogP contribution >= 0.6 is 27.5 Å². The Bertz CT molecular complexity index is 630. The number of rotatable bonds is 4. The van der Waals surface area contributed by atoms with Gasteiger partial charge in [-0.2, -0.15) is 0 Å². The van der Waals surface area contributed by atoms with Gasteiger partial charge in [0.25, 0.3) is 0 Å². The summed E-state index contributed by atoms with van der Waals surface area (Å²) in [6, 6.07) is 10.8. The maximum Gasteiger partial charge on any atom is 0.337 e. The molecule has 0 atom stereocenters. The van der Waals surface area contributed by atoms with E-state index in [0.717, 1.165) is 15.6 Å². The summed E-state index contributed by atoms with van der Waals surface area (Å²) in [4.78, 5) is 11.3. The maximum atomic E-state index is 11.3. The second kappa shape index (κ2) is 6.96. The van der Waals surface area contributed by atoms with Gasteiger partial charge in [0.05, 0.1) is 17.7 Å². The van der Waals surface area contributed by atoms with Gasteiger partial charge in [-0.3, -0.25) is 0 Å². The van der Waals surface area contributed by atoms with Crippen molar-refractivity contribution in [3.63, 3.8) is 0 Å². The van der Waals surface area contributed by atoms with E-state index >= 15 is 0 Å². The van der Waals surface area contributed by atoms with Crippen LogP contribution in [0.3, 0.4) is 0 Å². The molecule has 0 spiro atoms. The van der Waals surface area contributed by atoms with Gasteiger partial charge in [-0.1, -0.05) is 39.7 Å². The Morgan fingerprint density at radius 3 is 2.48 bits per heavy atom. The Morgan fingerprint density at radius 1 is 1.24 bits per heavy atom. The summed E-state index contributed by atoms with van der Waals surface area (Å²) in [5.74, 6) is 0.311. The van der Waals surface area contributed by atoms with Crippen LogP contribution in [0.25, 0.3) is 0 Å². The Balaban J connectivity index is 2.08. The normalized spacial score (nSPS) is 10.3. The molecule has 0 aliphatic heterocycles. The van der Waals surface area contributed by atoms with E-state index in [4.69, 9.17) is 16.3 Å². The van der Waals surface area contributed by atoms with Crippen LogP contribution in [0.1, 0.15) is 21.5 Å². The molecule has 3 nitrogen and oxygen atoms in total. The first-order valence-electron chi connectivity index (χ1n) is 6.27. The number of aryl methyl sites for hydroxylation is 1. The van der Waals surface area contributed by atoms with Gasteiger partial charge >= 0.3 is 5.97 Å². The number of methoxy groups -OCH3 is 1. The molecule has 0 aromatic heterocycles. The molecular weight excluding hydrogens is 356 g/mol. The van der Waals surface area contributed by atoms with Gasteiger partial charge < -0.3 is 9.47 Å². The molecule has 2 aromatic carbocycles. The zero-order chi connectivity index (χ0) is 15.4. The largest absolute Gasteiger partial charge is 0.487 e. The van der Waals surface area contributed by atoms with Crippen molar-refractivity contribution in [2.24, 2.45) is 0 Å². The van der Waals surface area contributed by atoms with Gasteiger partial charge in [-0.05, 0) is 42.3 Å². The van der Waals surface area contributed by atoms with E-state index in [-0.39, 0.29) is 5.97 Å². The van der Waals surface area contributed by atoms with Crippen LogP contribution in [0.15, 0.2) is 40.9 Å². The molecule has 0 aliphatic carbocycles. The molecule has 0 heterocycles. The molecule has 2 aromatic rings. The number of hydrogen-bond acceptors (Lipinski definition) is 3. The molecule has 0 unspecified atom stereocenters. The standard InChI is InChI=1S/C16H14BrClO3/c1-10-7-13(17)8-14(18)15(10)21-9-11-3-5-12(6-4-11)16(19)20-2/h3-8H,9H2,1-2H3. The molecule has 0 bridgehead atoms. The average molecular weight is 370 g/mol. The Morgan fingerprint density at radius 2 is 1.90 bits per heavy atom. The highest BCUT2D eigenvalue weighted by atomic mass is 79.9. The van der Waals surface area contributed by atoms with E-state index in [1.54, 1.807) is 18.2 Å². The first kappa shape index (κ1) is 15.9. The second-order valence-corrected chi connectivity index (χ2v) is 5.83. The summed E-state index contributed by atoms with van der Waals surface area (Å²) in [5, 5.41) is 0.563. The summed E-state index contributed by atoms with van der Waals surface area (Å²) in [6.07, 6.45) is 0. The minimum Gasteiger partial charge on any atom is -0.487 e. The summed E-state index contributed by atoms with van der Waals surface area (Å²) in [6.45, 7) is 2.32. The monoisotopic (exact) mass is 368 g/mol. The summed E-state index contributed by atoms with van der Waals surface area (Å²) >= 11 is 9.56. The highest BCUT2D eigenvalue weighted by Gasteiger charge is 2.08.